The van der Waals surface area contributed by atoms with E-state index < -0.39 is 17.5 Å². The molecular weight excluding hydrogens is 372 g/mol. The number of aromatic nitrogens is 1. The smallest absolute Gasteiger partial charge is 0.244 e. The van der Waals surface area contributed by atoms with Crippen molar-refractivity contribution >= 4 is 11.6 Å². The molecule has 0 unspecified atom stereocenters. The number of hydrogen-bond acceptors (Lipinski definition) is 5. The van der Waals surface area contributed by atoms with Crippen LogP contribution in [0, 0.1) is 11.6 Å². The first-order valence-electron chi connectivity index (χ1n) is 8.78. The number of carbonyl (C=O) groups is 1. The fourth-order valence-electron chi connectivity index (χ4n) is 2.95. The van der Waals surface area contributed by atoms with E-state index in [0.29, 0.717) is 44.6 Å². The van der Waals surface area contributed by atoms with Gasteiger partial charge < -0.3 is 19.4 Å². The Labute approximate surface area is 160 Å². The monoisotopic (exact) mass is 393 g/mol. The number of nitrogens with one attached hydrogen (secondary N) is 1. The lowest BCUT2D eigenvalue weighted by Gasteiger charge is -2.27. The zero-order chi connectivity index (χ0) is 20.1. The number of rotatable bonds is 6. The van der Waals surface area contributed by atoms with Crippen molar-refractivity contribution in [2.45, 2.75) is 13.1 Å². The summed E-state index contributed by atoms with van der Waals surface area (Å²) in [6, 6.07) is 4.34. The van der Waals surface area contributed by atoms with Gasteiger partial charge in [-0.05, 0) is 12.1 Å². The van der Waals surface area contributed by atoms with Gasteiger partial charge in [0.2, 0.25) is 11.3 Å². The lowest BCUT2D eigenvalue weighted by Crippen LogP contribution is -2.37. The number of benzene rings is 1. The molecule has 3 rings (SSSR count). The second-order valence-corrected chi connectivity index (χ2v) is 6.39. The minimum Gasteiger partial charge on any atom is -0.491 e. The van der Waals surface area contributed by atoms with E-state index in [9.17, 15) is 18.4 Å². The molecule has 0 spiro atoms. The highest BCUT2D eigenvalue weighted by atomic mass is 19.1. The van der Waals surface area contributed by atoms with E-state index in [2.05, 4.69) is 10.2 Å². The lowest BCUT2D eigenvalue weighted by atomic mass is 10.2. The fourth-order valence-corrected chi connectivity index (χ4v) is 2.95. The highest BCUT2D eigenvalue weighted by molar-refractivity contribution is 5.90. The van der Waals surface area contributed by atoms with Gasteiger partial charge in [-0.2, -0.15) is 0 Å². The van der Waals surface area contributed by atoms with Crippen LogP contribution >= 0.6 is 0 Å². The van der Waals surface area contributed by atoms with Gasteiger partial charge in [0.1, 0.15) is 18.2 Å². The van der Waals surface area contributed by atoms with Gasteiger partial charge in [0.25, 0.3) is 0 Å². The summed E-state index contributed by atoms with van der Waals surface area (Å²) in [7, 11) is 1.37. The largest absolute Gasteiger partial charge is 0.491 e. The molecule has 7 nitrogen and oxygen atoms in total. The molecule has 9 heteroatoms. The number of amides is 1. The molecule has 0 aliphatic carbocycles. The van der Waals surface area contributed by atoms with Crippen LogP contribution in [-0.2, 0) is 22.6 Å². The Morgan fingerprint density at radius 3 is 2.68 bits per heavy atom. The van der Waals surface area contributed by atoms with E-state index in [0.717, 1.165) is 12.1 Å². The Kier molecular flexibility index (Phi) is 6.37. The number of nitrogens with zero attached hydrogens (tertiary/aromatic N) is 2. The number of morpholine rings is 1. The predicted octanol–water partition coefficient (Wildman–Crippen LogP) is 1.61. The van der Waals surface area contributed by atoms with Crippen LogP contribution in [-0.4, -0.2) is 48.8 Å². The van der Waals surface area contributed by atoms with Crippen LogP contribution in [0.4, 0.5) is 14.5 Å². The fraction of sp³-hybridized carbons (Fsp3) is 0.368. The van der Waals surface area contributed by atoms with Crippen LogP contribution in [0.5, 0.6) is 5.75 Å². The molecular formula is C19H21F2N3O4. The zero-order valence-corrected chi connectivity index (χ0v) is 15.4. The zero-order valence-electron chi connectivity index (χ0n) is 15.4. The predicted molar refractivity (Wildman–Crippen MR) is 98.3 cm³/mol. The van der Waals surface area contributed by atoms with Gasteiger partial charge in [0.15, 0.2) is 5.75 Å². The third-order valence-corrected chi connectivity index (χ3v) is 4.41. The van der Waals surface area contributed by atoms with Crippen LogP contribution in [0.3, 0.4) is 0 Å². The van der Waals surface area contributed by atoms with Crippen molar-refractivity contribution in [2.75, 3.05) is 38.7 Å². The van der Waals surface area contributed by atoms with Gasteiger partial charge in [-0.15, -0.1) is 0 Å². The number of pyridine rings is 1. The maximum Gasteiger partial charge on any atom is 0.244 e. The molecule has 1 saturated heterocycles. The molecule has 1 fully saturated rings. The first-order valence-corrected chi connectivity index (χ1v) is 8.78. The summed E-state index contributed by atoms with van der Waals surface area (Å²) in [6.45, 7) is 2.93. The lowest BCUT2D eigenvalue weighted by molar-refractivity contribution is -0.116. The van der Waals surface area contributed by atoms with Crippen molar-refractivity contribution in [3.63, 3.8) is 0 Å². The Bertz CT molecular complexity index is 911. The molecule has 0 bridgehead atoms. The van der Waals surface area contributed by atoms with Crippen LogP contribution in [0.15, 0.2) is 35.3 Å². The van der Waals surface area contributed by atoms with E-state index in [4.69, 9.17) is 9.47 Å². The van der Waals surface area contributed by atoms with E-state index in [1.165, 1.54) is 19.4 Å². The van der Waals surface area contributed by atoms with Gasteiger partial charge in [0, 0.05) is 37.5 Å². The number of hydrogen-bond donors (Lipinski definition) is 1. The van der Waals surface area contributed by atoms with E-state index in [1.54, 1.807) is 4.57 Å². The van der Waals surface area contributed by atoms with Crippen molar-refractivity contribution in [3.05, 3.63) is 58.0 Å². The van der Waals surface area contributed by atoms with Gasteiger partial charge in [-0.1, -0.05) is 0 Å². The normalized spacial score (nSPS) is 14.7. The third kappa shape index (κ3) is 4.93. The van der Waals surface area contributed by atoms with Crippen LogP contribution in [0.1, 0.15) is 5.69 Å². The number of halogens is 2. The molecule has 2 aromatic rings. The molecule has 1 aliphatic heterocycles. The third-order valence-electron chi connectivity index (χ3n) is 4.41. The molecule has 1 aromatic carbocycles. The number of methoxy groups -OCH3 is 1. The van der Waals surface area contributed by atoms with Crippen molar-refractivity contribution in [1.82, 2.24) is 9.47 Å². The van der Waals surface area contributed by atoms with Gasteiger partial charge >= 0.3 is 0 Å². The Morgan fingerprint density at radius 2 is 2.00 bits per heavy atom. The Hall–Kier alpha value is -2.78. The molecule has 150 valence electrons. The quantitative estimate of drug-likeness (QED) is 0.807. The summed E-state index contributed by atoms with van der Waals surface area (Å²) in [4.78, 5) is 26.7. The van der Waals surface area contributed by atoms with Crippen molar-refractivity contribution < 1.29 is 23.0 Å². The maximum absolute atomic E-state index is 13.8. The van der Waals surface area contributed by atoms with E-state index >= 15 is 0 Å². The van der Waals surface area contributed by atoms with Gasteiger partial charge in [0.05, 0.1) is 32.2 Å². The maximum atomic E-state index is 13.8. The highest BCUT2D eigenvalue weighted by Crippen LogP contribution is 2.16. The average Bonchev–Trinajstić information content (AvgIpc) is 2.67. The number of carbonyl (C=O) groups excluding carboxylic acids is 1. The minimum absolute atomic E-state index is 0.103. The van der Waals surface area contributed by atoms with Crippen molar-refractivity contribution in [3.8, 4) is 5.75 Å². The second-order valence-electron chi connectivity index (χ2n) is 6.39. The summed E-state index contributed by atoms with van der Waals surface area (Å²) in [6.07, 6.45) is 1.46. The molecule has 0 atom stereocenters. The van der Waals surface area contributed by atoms with E-state index in [1.807, 2.05) is 0 Å². The summed E-state index contributed by atoms with van der Waals surface area (Å²) < 4.78 is 38.8. The Morgan fingerprint density at radius 1 is 1.25 bits per heavy atom. The first kappa shape index (κ1) is 20.0. The van der Waals surface area contributed by atoms with Crippen molar-refractivity contribution in [2.24, 2.45) is 0 Å². The first-order chi connectivity index (χ1) is 13.5. The highest BCUT2D eigenvalue weighted by Gasteiger charge is 2.16. The topological polar surface area (TPSA) is 72.8 Å². The molecule has 28 heavy (non-hydrogen) atoms. The molecule has 1 N–H and O–H groups in total. The standard InChI is InChI=1S/C19H21F2N3O4/c1-27-18-11-24(12-19(26)22-16-3-2-13(20)8-15(16)21)14(9-17(18)25)10-23-4-6-28-7-5-23/h2-3,8-9,11H,4-7,10,12H2,1H3,(H,22,26). The number of anilines is 1. The summed E-state index contributed by atoms with van der Waals surface area (Å²) in [5.74, 6) is -2.00. The van der Waals surface area contributed by atoms with E-state index in [-0.39, 0.29) is 23.4 Å². The molecule has 0 saturated carbocycles. The summed E-state index contributed by atoms with van der Waals surface area (Å²) in [5.41, 5.74) is 0.226. The Balaban J connectivity index is 1.80. The average molecular weight is 393 g/mol. The van der Waals surface area contributed by atoms with Crippen LogP contribution < -0.4 is 15.5 Å². The molecule has 1 aliphatic rings. The van der Waals surface area contributed by atoms with Crippen molar-refractivity contribution in [1.29, 1.82) is 0 Å². The second kappa shape index (κ2) is 8.94. The minimum atomic E-state index is -0.862. The SMILES string of the molecule is COc1cn(CC(=O)Nc2ccc(F)cc2F)c(CN2CCOCC2)cc1=O. The summed E-state index contributed by atoms with van der Waals surface area (Å²) in [5, 5.41) is 2.41. The molecule has 1 amide bonds. The van der Waals surface area contributed by atoms with Gasteiger partial charge in [-0.3, -0.25) is 14.5 Å². The number of ether oxygens (including phenoxy) is 2. The molecule has 0 radical (unpaired) electrons. The van der Waals surface area contributed by atoms with Crippen LogP contribution in [0.2, 0.25) is 0 Å². The van der Waals surface area contributed by atoms with Gasteiger partial charge in [-0.25, -0.2) is 8.78 Å². The summed E-state index contributed by atoms with van der Waals surface area (Å²) >= 11 is 0. The molecule has 2 heterocycles. The molecule has 1 aromatic heterocycles. The van der Waals surface area contributed by atoms with Crippen LogP contribution in [0.25, 0.3) is 0 Å².